The van der Waals surface area contributed by atoms with Gasteiger partial charge in [-0.1, -0.05) is 42.0 Å². The SMILES string of the molecule is Cc1ccc(NC(=O)NC[C@H](c2cccnc2)c2cn(C)c3ccccc23)cc1. The molecular formula is C24H24N4O. The zero-order valence-corrected chi connectivity index (χ0v) is 16.6. The molecule has 0 saturated heterocycles. The van der Waals surface area contributed by atoms with E-state index in [-0.39, 0.29) is 11.9 Å². The van der Waals surface area contributed by atoms with E-state index in [1.54, 1.807) is 6.20 Å². The number of rotatable bonds is 5. The van der Waals surface area contributed by atoms with Crippen LogP contribution < -0.4 is 10.6 Å². The van der Waals surface area contributed by atoms with Crippen molar-refractivity contribution in [2.75, 3.05) is 11.9 Å². The zero-order valence-electron chi connectivity index (χ0n) is 16.6. The highest BCUT2D eigenvalue weighted by Gasteiger charge is 2.20. The lowest BCUT2D eigenvalue weighted by molar-refractivity contribution is 0.252. The lowest BCUT2D eigenvalue weighted by atomic mass is 9.92. The molecule has 2 aromatic heterocycles. The second-order valence-electron chi connectivity index (χ2n) is 7.25. The highest BCUT2D eigenvalue weighted by molar-refractivity contribution is 5.89. The number of nitrogens with zero attached hydrogens (tertiary/aromatic N) is 2. The van der Waals surface area contributed by atoms with Gasteiger partial charge < -0.3 is 15.2 Å². The molecule has 5 heteroatoms. The fourth-order valence-corrected chi connectivity index (χ4v) is 3.65. The van der Waals surface area contributed by atoms with Gasteiger partial charge in [-0.15, -0.1) is 0 Å². The Hall–Kier alpha value is -3.60. The van der Waals surface area contributed by atoms with E-state index in [1.807, 2.05) is 62.6 Å². The molecule has 0 aliphatic heterocycles. The molecule has 0 fully saturated rings. The number of para-hydroxylation sites is 1. The molecule has 0 aliphatic carbocycles. The Kier molecular flexibility index (Phi) is 5.29. The van der Waals surface area contributed by atoms with Crippen molar-refractivity contribution in [1.82, 2.24) is 14.9 Å². The molecule has 0 radical (unpaired) electrons. The molecule has 0 spiro atoms. The van der Waals surface area contributed by atoms with Crippen LogP contribution in [0.25, 0.3) is 10.9 Å². The molecule has 2 heterocycles. The molecule has 0 saturated carbocycles. The number of aryl methyl sites for hydroxylation is 2. The molecule has 0 aliphatic rings. The number of hydrogen-bond donors (Lipinski definition) is 2. The molecule has 5 nitrogen and oxygen atoms in total. The summed E-state index contributed by atoms with van der Waals surface area (Å²) in [5.74, 6) is -0.00133. The summed E-state index contributed by atoms with van der Waals surface area (Å²) in [6.45, 7) is 2.49. The van der Waals surface area contributed by atoms with Gasteiger partial charge in [-0.05, 0) is 42.3 Å². The molecule has 0 bridgehead atoms. The summed E-state index contributed by atoms with van der Waals surface area (Å²) in [7, 11) is 2.05. The standard InChI is InChI=1S/C24H24N4O/c1-17-9-11-19(12-10-17)27-24(29)26-15-21(18-6-5-13-25-14-18)22-16-28(2)23-8-4-3-7-20(22)23/h3-14,16,21H,15H2,1-2H3,(H2,26,27,29)/t21-/m1/s1. The minimum absolute atomic E-state index is 0.00133. The number of carbonyl (C=O) groups excluding carboxylic acids is 1. The molecule has 146 valence electrons. The Morgan fingerprint density at radius 3 is 2.62 bits per heavy atom. The minimum atomic E-state index is -0.219. The van der Waals surface area contributed by atoms with E-state index in [0.717, 1.165) is 16.8 Å². The summed E-state index contributed by atoms with van der Waals surface area (Å²) < 4.78 is 2.13. The molecule has 0 unspecified atom stereocenters. The Bertz CT molecular complexity index is 1120. The van der Waals surface area contributed by atoms with E-state index in [1.165, 1.54) is 16.5 Å². The van der Waals surface area contributed by atoms with Gasteiger partial charge in [0.1, 0.15) is 0 Å². The van der Waals surface area contributed by atoms with Crippen molar-refractivity contribution in [3.05, 3.63) is 95.9 Å². The molecule has 2 N–H and O–H groups in total. The predicted molar refractivity (Wildman–Crippen MR) is 117 cm³/mol. The van der Waals surface area contributed by atoms with Gasteiger partial charge in [-0.2, -0.15) is 0 Å². The van der Waals surface area contributed by atoms with Crippen LogP contribution in [0.4, 0.5) is 10.5 Å². The maximum Gasteiger partial charge on any atom is 0.319 e. The number of nitrogens with one attached hydrogen (secondary N) is 2. The molecule has 2 aromatic carbocycles. The third-order valence-electron chi connectivity index (χ3n) is 5.17. The third kappa shape index (κ3) is 4.14. The third-order valence-corrected chi connectivity index (χ3v) is 5.17. The monoisotopic (exact) mass is 384 g/mol. The minimum Gasteiger partial charge on any atom is -0.350 e. The van der Waals surface area contributed by atoms with Gasteiger partial charge in [0.2, 0.25) is 0 Å². The largest absolute Gasteiger partial charge is 0.350 e. The Morgan fingerprint density at radius 2 is 1.86 bits per heavy atom. The Morgan fingerprint density at radius 1 is 1.07 bits per heavy atom. The molecular weight excluding hydrogens is 360 g/mol. The van der Waals surface area contributed by atoms with Crippen LogP contribution in [-0.2, 0) is 7.05 Å². The van der Waals surface area contributed by atoms with Crippen molar-refractivity contribution in [2.45, 2.75) is 12.8 Å². The quantitative estimate of drug-likeness (QED) is 0.517. The van der Waals surface area contributed by atoms with Gasteiger partial charge in [0.05, 0.1) is 0 Å². The van der Waals surface area contributed by atoms with Crippen molar-refractivity contribution in [2.24, 2.45) is 7.05 Å². The predicted octanol–water partition coefficient (Wildman–Crippen LogP) is 4.84. The number of benzene rings is 2. The van der Waals surface area contributed by atoms with Crippen LogP contribution in [0.5, 0.6) is 0 Å². The van der Waals surface area contributed by atoms with Crippen LogP contribution in [-0.4, -0.2) is 22.1 Å². The fourth-order valence-electron chi connectivity index (χ4n) is 3.65. The van der Waals surface area contributed by atoms with Gasteiger partial charge >= 0.3 is 6.03 Å². The topological polar surface area (TPSA) is 59.0 Å². The smallest absolute Gasteiger partial charge is 0.319 e. The molecule has 29 heavy (non-hydrogen) atoms. The van der Waals surface area contributed by atoms with Crippen molar-refractivity contribution < 1.29 is 4.79 Å². The fraction of sp³-hybridized carbons (Fsp3) is 0.167. The number of hydrogen-bond acceptors (Lipinski definition) is 2. The lowest BCUT2D eigenvalue weighted by Crippen LogP contribution is -2.32. The van der Waals surface area contributed by atoms with Crippen molar-refractivity contribution in [1.29, 1.82) is 0 Å². The summed E-state index contributed by atoms with van der Waals surface area (Å²) in [4.78, 5) is 16.8. The van der Waals surface area contributed by atoms with Gasteiger partial charge in [-0.3, -0.25) is 4.98 Å². The average Bonchev–Trinajstić information content (AvgIpc) is 3.07. The first-order valence-electron chi connectivity index (χ1n) is 9.67. The van der Waals surface area contributed by atoms with Crippen molar-refractivity contribution in [3.8, 4) is 0 Å². The molecule has 4 rings (SSSR count). The van der Waals surface area contributed by atoms with Crippen molar-refractivity contribution >= 4 is 22.6 Å². The summed E-state index contributed by atoms with van der Waals surface area (Å²) in [5, 5.41) is 7.11. The summed E-state index contributed by atoms with van der Waals surface area (Å²) >= 11 is 0. The van der Waals surface area contributed by atoms with Gasteiger partial charge in [0, 0.05) is 54.7 Å². The second-order valence-corrected chi connectivity index (χ2v) is 7.25. The van der Waals surface area contributed by atoms with Crippen LogP contribution in [0.3, 0.4) is 0 Å². The van der Waals surface area contributed by atoms with Crippen LogP contribution >= 0.6 is 0 Å². The van der Waals surface area contributed by atoms with Gasteiger partial charge in [0.15, 0.2) is 0 Å². The molecule has 2 amide bonds. The van der Waals surface area contributed by atoms with E-state index in [4.69, 9.17) is 0 Å². The van der Waals surface area contributed by atoms with E-state index in [9.17, 15) is 4.79 Å². The first-order valence-corrected chi connectivity index (χ1v) is 9.67. The van der Waals surface area contributed by atoms with Gasteiger partial charge in [-0.25, -0.2) is 4.79 Å². The maximum atomic E-state index is 12.5. The highest BCUT2D eigenvalue weighted by Crippen LogP contribution is 2.31. The van der Waals surface area contributed by atoms with E-state index in [0.29, 0.717) is 6.54 Å². The van der Waals surface area contributed by atoms with Crippen LogP contribution in [0, 0.1) is 6.92 Å². The maximum absolute atomic E-state index is 12.5. The second kappa shape index (κ2) is 8.19. The normalized spacial score (nSPS) is 11.9. The number of urea groups is 1. The number of anilines is 1. The first-order chi connectivity index (χ1) is 14.1. The number of pyridine rings is 1. The summed E-state index contributed by atoms with van der Waals surface area (Å²) in [6.07, 6.45) is 5.77. The van der Waals surface area contributed by atoms with Gasteiger partial charge in [0.25, 0.3) is 0 Å². The van der Waals surface area contributed by atoms with E-state index in [2.05, 4.69) is 44.6 Å². The number of fused-ring (bicyclic) bond motifs is 1. The molecule has 1 atom stereocenters. The van der Waals surface area contributed by atoms with Crippen LogP contribution in [0.15, 0.2) is 79.3 Å². The Balaban J connectivity index is 1.58. The number of carbonyl (C=O) groups is 1. The lowest BCUT2D eigenvalue weighted by Gasteiger charge is -2.18. The summed E-state index contributed by atoms with van der Waals surface area (Å²) in [6, 6.07) is 19.8. The highest BCUT2D eigenvalue weighted by atomic mass is 16.2. The summed E-state index contributed by atoms with van der Waals surface area (Å²) in [5.41, 5.74) is 5.34. The number of aromatic nitrogens is 2. The molecule has 4 aromatic rings. The number of amides is 2. The van der Waals surface area contributed by atoms with Crippen molar-refractivity contribution in [3.63, 3.8) is 0 Å². The zero-order chi connectivity index (χ0) is 20.2. The average molecular weight is 384 g/mol. The Labute approximate surface area is 170 Å². The first kappa shape index (κ1) is 18.7. The van der Waals surface area contributed by atoms with E-state index >= 15 is 0 Å². The van der Waals surface area contributed by atoms with Crippen LogP contribution in [0.2, 0.25) is 0 Å². The van der Waals surface area contributed by atoms with E-state index < -0.39 is 0 Å². The van der Waals surface area contributed by atoms with Crippen LogP contribution in [0.1, 0.15) is 22.6 Å².